The number of anilines is 1. The van der Waals surface area contributed by atoms with Gasteiger partial charge in [0.25, 0.3) is 10.0 Å². The highest BCUT2D eigenvalue weighted by Crippen LogP contribution is 2.25. The molecule has 1 amide bonds. The third-order valence-electron chi connectivity index (χ3n) is 4.99. The van der Waals surface area contributed by atoms with Crippen LogP contribution in [0.25, 0.3) is 0 Å². The third kappa shape index (κ3) is 6.41. The first-order valence-corrected chi connectivity index (χ1v) is 12.0. The van der Waals surface area contributed by atoms with Gasteiger partial charge in [0, 0.05) is 6.07 Å². The lowest BCUT2D eigenvalue weighted by Crippen LogP contribution is -2.41. The van der Waals surface area contributed by atoms with Crippen molar-refractivity contribution in [3.8, 4) is 17.2 Å². The van der Waals surface area contributed by atoms with Gasteiger partial charge in [-0.05, 0) is 55.5 Å². The molecule has 8 nitrogen and oxygen atoms in total. The lowest BCUT2D eigenvalue weighted by atomic mass is 10.2. The van der Waals surface area contributed by atoms with Crippen LogP contribution in [0.15, 0.2) is 77.7 Å². The fourth-order valence-electron chi connectivity index (χ4n) is 3.14. The summed E-state index contributed by atoms with van der Waals surface area (Å²) in [6, 6.07) is 20.1. The molecule has 0 aliphatic carbocycles. The number of carbonyl (C=O) groups is 1. The Bertz CT molecular complexity index is 1190. The Hall–Kier alpha value is -3.72. The minimum absolute atomic E-state index is 0.0584. The predicted octanol–water partition coefficient (Wildman–Crippen LogP) is 3.40. The van der Waals surface area contributed by atoms with Crippen LogP contribution in [0.1, 0.15) is 5.56 Å². The van der Waals surface area contributed by atoms with Gasteiger partial charge in [-0.2, -0.15) is 0 Å². The molecule has 3 aromatic carbocycles. The molecule has 9 heteroatoms. The number of methoxy groups -OCH3 is 2. The van der Waals surface area contributed by atoms with Gasteiger partial charge in [0.15, 0.2) is 0 Å². The predicted molar refractivity (Wildman–Crippen MR) is 130 cm³/mol. The van der Waals surface area contributed by atoms with Crippen LogP contribution >= 0.6 is 0 Å². The summed E-state index contributed by atoms with van der Waals surface area (Å²) in [5.74, 6) is 1.36. The van der Waals surface area contributed by atoms with E-state index in [-0.39, 0.29) is 24.6 Å². The number of hydrogen-bond donors (Lipinski definition) is 1. The second-order valence-corrected chi connectivity index (χ2v) is 9.26. The van der Waals surface area contributed by atoms with Gasteiger partial charge in [-0.25, -0.2) is 8.42 Å². The standard InChI is InChI=1S/C25H28N2O6S/c1-19-7-9-20(10-8-19)27(34(29,30)24-13-11-21(31-2)12-14-24)18-25(28)26-15-16-33-23-6-4-5-22(17-23)32-3/h4-14,17H,15-16,18H2,1-3H3,(H,26,28). The van der Waals surface area contributed by atoms with Gasteiger partial charge in [-0.1, -0.05) is 23.8 Å². The molecule has 0 heterocycles. The molecule has 34 heavy (non-hydrogen) atoms. The molecule has 0 spiro atoms. The van der Waals surface area contributed by atoms with Crippen molar-refractivity contribution in [1.29, 1.82) is 0 Å². The summed E-state index contributed by atoms with van der Waals surface area (Å²) < 4.78 is 43.8. The average molecular weight is 485 g/mol. The van der Waals surface area contributed by atoms with Gasteiger partial charge in [0.05, 0.1) is 31.3 Å². The highest BCUT2D eigenvalue weighted by Gasteiger charge is 2.27. The summed E-state index contributed by atoms with van der Waals surface area (Å²) >= 11 is 0. The average Bonchev–Trinajstić information content (AvgIpc) is 2.86. The largest absolute Gasteiger partial charge is 0.497 e. The minimum Gasteiger partial charge on any atom is -0.497 e. The van der Waals surface area contributed by atoms with Gasteiger partial charge in [-0.3, -0.25) is 9.10 Å². The van der Waals surface area contributed by atoms with Crippen LogP contribution in [0.3, 0.4) is 0 Å². The van der Waals surface area contributed by atoms with Crippen LogP contribution in [0.2, 0.25) is 0 Å². The van der Waals surface area contributed by atoms with Crippen molar-refractivity contribution in [2.45, 2.75) is 11.8 Å². The monoisotopic (exact) mass is 484 g/mol. The second-order valence-electron chi connectivity index (χ2n) is 7.40. The van der Waals surface area contributed by atoms with Crippen LogP contribution in [0, 0.1) is 6.92 Å². The zero-order chi connectivity index (χ0) is 24.6. The second kappa shape index (κ2) is 11.4. The van der Waals surface area contributed by atoms with Crippen molar-refractivity contribution in [2.24, 2.45) is 0 Å². The van der Waals surface area contributed by atoms with Crippen LogP contribution in [-0.4, -0.2) is 48.2 Å². The molecule has 0 fully saturated rings. The summed E-state index contributed by atoms with van der Waals surface area (Å²) in [7, 11) is -0.923. The lowest BCUT2D eigenvalue weighted by Gasteiger charge is -2.24. The Kier molecular flexibility index (Phi) is 8.37. The van der Waals surface area contributed by atoms with E-state index < -0.39 is 15.9 Å². The molecule has 0 aliphatic heterocycles. The number of sulfonamides is 1. The summed E-state index contributed by atoms with van der Waals surface area (Å²) in [5, 5.41) is 2.71. The first-order chi connectivity index (χ1) is 16.3. The fourth-order valence-corrected chi connectivity index (χ4v) is 4.56. The molecule has 0 unspecified atom stereocenters. The molecule has 180 valence electrons. The van der Waals surface area contributed by atoms with Crippen molar-refractivity contribution < 1.29 is 27.4 Å². The Labute approximate surface area is 200 Å². The summed E-state index contributed by atoms with van der Waals surface area (Å²) in [4.78, 5) is 12.7. The van der Waals surface area contributed by atoms with Crippen LogP contribution < -0.4 is 23.8 Å². The Morgan fingerprint density at radius 2 is 1.53 bits per heavy atom. The normalized spacial score (nSPS) is 10.9. The van der Waals surface area contributed by atoms with Gasteiger partial charge in [0.1, 0.15) is 30.4 Å². The molecule has 3 aromatic rings. The van der Waals surface area contributed by atoms with Crippen LogP contribution in [0.4, 0.5) is 5.69 Å². The maximum atomic E-state index is 13.4. The molecule has 0 radical (unpaired) electrons. The first-order valence-electron chi connectivity index (χ1n) is 10.6. The Morgan fingerprint density at radius 1 is 0.882 bits per heavy atom. The smallest absolute Gasteiger partial charge is 0.264 e. The number of hydrogen-bond acceptors (Lipinski definition) is 6. The van der Waals surface area contributed by atoms with Gasteiger partial charge in [0.2, 0.25) is 5.91 Å². The maximum absolute atomic E-state index is 13.4. The quantitative estimate of drug-likeness (QED) is 0.419. The fraction of sp³-hybridized carbons (Fsp3) is 0.240. The number of nitrogens with one attached hydrogen (secondary N) is 1. The third-order valence-corrected chi connectivity index (χ3v) is 6.78. The summed E-state index contributed by atoms with van der Waals surface area (Å²) in [6.45, 7) is 1.95. The summed E-state index contributed by atoms with van der Waals surface area (Å²) in [6.07, 6.45) is 0. The van der Waals surface area contributed by atoms with E-state index in [1.165, 1.54) is 19.2 Å². The molecule has 3 rings (SSSR count). The molecule has 0 aliphatic rings. The van der Waals surface area contributed by atoms with E-state index in [9.17, 15) is 13.2 Å². The zero-order valence-electron chi connectivity index (χ0n) is 19.4. The first kappa shape index (κ1) is 24.9. The van der Waals surface area contributed by atoms with Crippen molar-refractivity contribution in [2.75, 3.05) is 38.2 Å². The van der Waals surface area contributed by atoms with E-state index in [1.807, 2.05) is 6.92 Å². The van der Waals surface area contributed by atoms with Gasteiger partial charge < -0.3 is 19.5 Å². The van der Waals surface area contributed by atoms with E-state index in [0.29, 0.717) is 22.9 Å². The Morgan fingerprint density at radius 3 is 2.18 bits per heavy atom. The van der Waals surface area contributed by atoms with Crippen LogP contribution in [0.5, 0.6) is 17.2 Å². The number of ether oxygens (including phenoxy) is 3. The van der Waals surface area contributed by atoms with Crippen LogP contribution in [-0.2, 0) is 14.8 Å². The maximum Gasteiger partial charge on any atom is 0.264 e. The van der Waals surface area contributed by atoms with E-state index in [1.54, 1.807) is 67.8 Å². The van der Waals surface area contributed by atoms with Crippen molar-refractivity contribution in [1.82, 2.24) is 5.32 Å². The zero-order valence-corrected chi connectivity index (χ0v) is 20.2. The SMILES string of the molecule is COc1ccc(S(=O)(=O)N(CC(=O)NCCOc2cccc(OC)c2)c2ccc(C)cc2)cc1. The number of carbonyl (C=O) groups excluding carboxylic acids is 1. The van der Waals surface area contributed by atoms with Crippen molar-refractivity contribution in [3.63, 3.8) is 0 Å². The van der Waals surface area contributed by atoms with E-state index >= 15 is 0 Å². The molecule has 1 N–H and O–H groups in total. The molecule has 0 saturated heterocycles. The van der Waals surface area contributed by atoms with Gasteiger partial charge >= 0.3 is 0 Å². The Balaban J connectivity index is 1.69. The minimum atomic E-state index is -4.00. The molecule has 0 bridgehead atoms. The highest BCUT2D eigenvalue weighted by atomic mass is 32.2. The van der Waals surface area contributed by atoms with E-state index in [0.717, 1.165) is 9.87 Å². The molecular weight excluding hydrogens is 456 g/mol. The number of nitrogens with zero attached hydrogens (tertiary/aromatic N) is 1. The van der Waals surface area contributed by atoms with Crippen molar-refractivity contribution >= 4 is 21.6 Å². The highest BCUT2D eigenvalue weighted by molar-refractivity contribution is 7.92. The molecule has 0 atom stereocenters. The summed E-state index contributed by atoms with van der Waals surface area (Å²) in [5.41, 5.74) is 1.37. The number of aryl methyl sites for hydroxylation is 1. The number of amides is 1. The number of rotatable bonds is 11. The lowest BCUT2D eigenvalue weighted by molar-refractivity contribution is -0.119. The molecule has 0 aromatic heterocycles. The van der Waals surface area contributed by atoms with E-state index in [4.69, 9.17) is 14.2 Å². The number of benzene rings is 3. The van der Waals surface area contributed by atoms with Gasteiger partial charge in [-0.15, -0.1) is 0 Å². The topological polar surface area (TPSA) is 94.2 Å². The molecular formula is C25H28N2O6S. The van der Waals surface area contributed by atoms with Crippen molar-refractivity contribution in [3.05, 3.63) is 78.4 Å². The molecule has 0 saturated carbocycles. The van der Waals surface area contributed by atoms with E-state index in [2.05, 4.69) is 5.32 Å².